The molecule has 1 amide bonds. The minimum absolute atomic E-state index is 0.162. The predicted octanol–water partition coefficient (Wildman–Crippen LogP) is 2.18. The first kappa shape index (κ1) is 12.2. The van der Waals surface area contributed by atoms with Crippen molar-refractivity contribution in [2.45, 2.75) is 26.7 Å². The topological polar surface area (TPSA) is 67.5 Å². The second-order valence-corrected chi connectivity index (χ2v) is 3.39. The number of hydroxylamine groups is 1. The van der Waals surface area contributed by atoms with Crippen LogP contribution in [0, 0.1) is 5.21 Å². The molecule has 0 aromatic heterocycles. The van der Waals surface area contributed by atoms with Crippen LogP contribution in [0.15, 0.2) is 40.9 Å². The zero-order chi connectivity index (χ0) is 12.0. The molecule has 0 fully saturated rings. The Kier molecular flexibility index (Phi) is 4.44. The van der Waals surface area contributed by atoms with Crippen LogP contribution in [-0.2, 0) is 4.79 Å². The van der Waals surface area contributed by atoms with Crippen LogP contribution in [0.1, 0.15) is 26.7 Å². The molecule has 0 radical (unpaired) electrons. The van der Waals surface area contributed by atoms with Crippen molar-refractivity contribution >= 4 is 5.91 Å². The van der Waals surface area contributed by atoms with Crippen LogP contribution < -0.4 is 5.32 Å². The van der Waals surface area contributed by atoms with E-state index in [9.17, 15) is 10.0 Å². The largest absolute Gasteiger partial charge is 0.592 e. The number of hydrogen-bond acceptors (Lipinski definition) is 4. The van der Waals surface area contributed by atoms with Crippen LogP contribution in [0.4, 0.5) is 0 Å². The maximum Gasteiger partial charge on any atom is 0.423 e. The van der Waals surface area contributed by atoms with Gasteiger partial charge in [0.2, 0.25) is 0 Å². The van der Waals surface area contributed by atoms with E-state index in [2.05, 4.69) is 10.4 Å². The van der Waals surface area contributed by atoms with Gasteiger partial charge in [-0.2, -0.15) is 0 Å². The maximum atomic E-state index is 11.3. The Morgan fingerprint density at radius 3 is 2.69 bits per heavy atom. The second-order valence-electron chi connectivity index (χ2n) is 3.39. The SMILES string of the molecule is CCCC(=O)[N+]([O-])=NC(C)=C1C=CNC=C1. The number of amides is 1. The third kappa shape index (κ3) is 3.34. The molecule has 0 aromatic carbocycles. The summed E-state index contributed by atoms with van der Waals surface area (Å²) in [4.78, 5) is 11.4. The fraction of sp³-hybridized carbons (Fsp3) is 0.364. The van der Waals surface area contributed by atoms with Gasteiger partial charge in [-0.25, -0.2) is 4.79 Å². The van der Waals surface area contributed by atoms with E-state index in [1.807, 2.05) is 6.92 Å². The lowest BCUT2D eigenvalue weighted by atomic mass is 10.2. The molecule has 0 saturated heterocycles. The second kappa shape index (κ2) is 5.85. The molecule has 5 nitrogen and oxygen atoms in total. The number of allylic oxidation sites excluding steroid dienone is 4. The first-order valence-electron chi connectivity index (χ1n) is 5.17. The average Bonchev–Trinajstić information content (AvgIpc) is 2.30. The predicted molar refractivity (Wildman–Crippen MR) is 60.1 cm³/mol. The van der Waals surface area contributed by atoms with Crippen LogP contribution in [0.2, 0.25) is 0 Å². The molecule has 1 aliphatic heterocycles. The minimum atomic E-state index is -0.510. The van der Waals surface area contributed by atoms with Gasteiger partial charge in [0.15, 0.2) is 0 Å². The molecule has 1 N–H and O–H groups in total. The van der Waals surface area contributed by atoms with Gasteiger partial charge in [-0.3, -0.25) is 0 Å². The van der Waals surface area contributed by atoms with E-state index in [0.29, 0.717) is 12.1 Å². The Hall–Kier alpha value is -1.91. The lowest BCUT2D eigenvalue weighted by Gasteiger charge is -2.03. The number of hydrogen-bond donors (Lipinski definition) is 1. The zero-order valence-corrected chi connectivity index (χ0v) is 9.43. The first-order valence-corrected chi connectivity index (χ1v) is 5.17. The van der Waals surface area contributed by atoms with Crippen molar-refractivity contribution in [3.8, 4) is 0 Å². The highest BCUT2D eigenvalue weighted by atomic mass is 16.5. The van der Waals surface area contributed by atoms with E-state index >= 15 is 0 Å². The molecule has 0 aromatic rings. The molecule has 86 valence electrons. The molecule has 0 atom stereocenters. The lowest BCUT2D eigenvalue weighted by Crippen LogP contribution is -2.12. The molecular formula is C11H15N3O2. The van der Waals surface area contributed by atoms with Gasteiger partial charge in [-0.1, -0.05) is 6.92 Å². The highest BCUT2D eigenvalue weighted by Gasteiger charge is 2.11. The Morgan fingerprint density at radius 2 is 2.12 bits per heavy atom. The van der Waals surface area contributed by atoms with E-state index in [0.717, 1.165) is 5.57 Å². The summed E-state index contributed by atoms with van der Waals surface area (Å²) in [7, 11) is 0. The summed E-state index contributed by atoms with van der Waals surface area (Å²) in [6.45, 7) is 3.54. The molecular weight excluding hydrogens is 206 g/mol. The number of nitrogens with zero attached hydrogens (tertiary/aromatic N) is 2. The molecule has 0 unspecified atom stereocenters. The highest BCUT2D eigenvalue weighted by molar-refractivity contribution is 5.66. The third-order valence-electron chi connectivity index (χ3n) is 2.05. The van der Waals surface area contributed by atoms with Crippen LogP contribution in [0.3, 0.4) is 0 Å². The molecule has 1 aliphatic rings. The molecule has 0 aliphatic carbocycles. The number of azo groups is 1. The number of dihydropyridines is 1. The van der Waals surface area contributed by atoms with Gasteiger partial charge in [0.05, 0.1) is 6.42 Å². The summed E-state index contributed by atoms with van der Waals surface area (Å²) in [5.41, 5.74) is 1.33. The van der Waals surface area contributed by atoms with Crippen molar-refractivity contribution in [1.82, 2.24) is 5.32 Å². The van der Waals surface area contributed by atoms with E-state index in [1.54, 1.807) is 31.5 Å². The summed E-state index contributed by atoms with van der Waals surface area (Å²) in [6.07, 6.45) is 7.91. The molecule has 16 heavy (non-hydrogen) atoms. The molecule has 1 heterocycles. The van der Waals surface area contributed by atoms with Gasteiger partial charge in [-0.05, 0) is 30.4 Å². The summed E-state index contributed by atoms with van der Waals surface area (Å²) in [6, 6.07) is 0. The maximum absolute atomic E-state index is 11.3. The van der Waals surface area contributed by atoms with E-state index < -0.39 is 5.91 Å². The summed E-state index contributed by atoms with van der Waals surface area (Å²) < 4.78 is 0. The normalized spacial score (nSPS) is 14.9. The fourth-order valence-electron chi connectivity index (χ4n) is 1.19. The van der Waals surface area contributed by atoms with Crippen LogP contribution in [-0.4, -0.2) is 10.8 Å². The highest BCUT2D eigenvalue weighted by Crippen LogP contribution is 2.11. The smallest absolute Gasteiger partial charge is 0.423 e. The van der Waals surface area contributed by atoms with Crippen molar-refractivity contribution in [2.24, 2.45) is 5.11 Å². The van der Waals surface area contributed by atoms with E-state index in [1.165, 1.54) is 0 Å². The van der Waals surface area contributed by atoms with E-state index in [4.69, 9.17) is 0 Å². The fourth-order valence-corrected chi connectivity index (χ4v) is 1.19. The summed E-state index contributed by atoms with van der Waals surface area (Å²) in [5.74, 6) is -0.510. The van der Waals surface area contributed by atoms with Crippen LogP contribution >= 0.6 is 0 Å². The van der Waals surface area contributed by atoms with Gasteiger partial charge in [0.25, 0.3) is 0 Å². The Morgan fingerprint density at radius 1 is 1.50 bits per heavy atom. The number of carbonyl (C=O) groups excluding carboxylic acids is 1. The molecule has 0 bridgehead atoms. The summed E-state index contributed by atoms with van der Waals surface area (Å²) >= 11 is 0. The van der Waals surface area contributed by atoms with Crippen LogP contribution in [0.5, 0.6) is 0 Å². The van der Waals surface area contributed by atoms with Gasteiger partial charge in [0.1, 0.15) is 5.70 Å². The average molecular weight is 221 g/mol. The monoisotopic (exact) mass is 221 g/mol. The minimum Gasteiger partial charge on any atom is -0.592 e. The third-order valence-corrected chi connectivity index (χ3v) is 2.05. The summed E-state index contributed by atoms with van der Waals surface area (Å²) in [5, 5.41) is 17.9. The molecule has 0 spiro atoms. The van der Waals surface area contributed by atoms with Crippen molar-refractivity contribution in [3.05, 3.63) is 41.0 Å². The number of carbonyl (C=O) groups is 1. The Balaban J connectivity index is 2.82. The first-order chi connectivity index (χ1) is 7.65. The van der Waals surface area contributed by atoms with Crippen molar-refractivity contribution < 1.29 is 9.66 Å². The standard InChI is InChI=1S/C11H15N3O2/c1-3-4-11(15)14(16)13-9(2)10-5-7-12-8-6-10/h5-8,12H,3-4H2,1-2H3. The molecule has 1 rings (SSSR count). The van der Waals surface area contributed by atoms with Gasteiger partial charge in [-0.15, -0.1) is 0 Å². The quantitative estimate of drug-likeness (QED) is 0.451. The lowest BCUT2D eigenvalue weighted by molar-refractivity contribution is -0.447. The number of nitrogens with one attached hydrogen (secondary N) is 1. The number of rotatable bonds is 3. The van der Waals surface area contributed by atoms with Crippen molar-refractivity contribution in [2.75, 3.05) is 0 Å². The van der Waals surface area contributed by atoms with Crippen molar-refractivity contribution in [3.63, 3.8) is 0 Å². The van der Waals surface area contributed by atoms with Crippen LogP contribution in [0.25, 0.3) is 0 Å². The van der Waals surface area contributed by atoms with Gasteiger partial charge in [0, 0.05) is 23.1 Å². The van der Waals surface area contributed by atoms with Crippen molar-refractivity contribution in [1.29, 1.82) is 0 Å². The van der Waals surface area contributed by atoms with Gasteiger partial charge < -0.3 is 10.5 Å². The molecule has 5 heteroatoms. The zero-order valence-electron chi connectivity index (χ0n) is 9.43. The molecule has 0 saturated carbocycles. The Labute approximate surface area is 94.4 Å². The Bertz CT molecular complexity index is 378. The van der Waals surface area contributed by atoms with E-state index in [-0.39, 0.29) is 11.3 Å². The van der Waals surface area contributed by atoms with Gasteiger partial charge >= 0.3 is 5.91 Å².